The van der Waals surface area contributed by atoms with Crippen LogP contribution in [0, 0.1) is 0 Å². The van der Waals surface area contributed by atoms with Crippen LogP contribution in [-0.2, 0) is 9.59 Å². The first-order valence-electron chi connectivity index (χ1n) is 9.68. The van der Waals surface area contributed by atoms with E-state index in [4.69, 9.17) is 11.6 Å². The van der Waals surface area contributed by atoms with Gasteiger partial charge >= 0.3 is 0 Å². The van der Waals surface area contributed by atoms with Crippen molar-refractivity contribution in [3.8, 4) is 0 Å². The van der Waals surface area contributed by atoms with Crippen molar-refractivity contribution in [2.45, 2.75) is 32.7 Å². The molecule has 2 amide bonds. The Morgan fingerprint density at radius 3 is 2.77 bits per heavy atom. The third-order valence-electron chi connectivity index (χ3n) is 4.78. The molecule has 160 valence electrons. The molecule has 10 heteroatoms. The zero-order valence-corrected chi connectivity index (χ0v) is 18.7. The summed E-state index contributed by atoms with van der Waals surface area (Å²) in [7, 11) is 0. The molecular formula is C21H21ClN6O2S. The monoisotopic (exact) mass is 456 g/mol. The van der Waals surface area contributed by atoms with Crippen LogP contribution in [0.25, 0.3) is 21.1 Å². The first-order chi connectivity index (χ1) is 14.8. The maximum absolute atomic E-state index is 13.0. The highest BCUT2D eigenvalue weighted by molar-refractivity contribution is 7.23. The molecule has 4 rings (SSSR count). The van der Waals surface area contributed by atoms with Gasteiger partial charge < -0.3 is 10.6 Å². The van der Waals surface area contributed by atoms with Crippen LogP contribution in [-0.4, -0.2) is 32.5 Å². The summed E-state index contributed by atoms with van der Waals surface area (Å²) in [4.78, 5) is 29.2. The quantitative estimate of drug-likeness (QED) is 0.326. The van der Waals surface area contributed by atoms with E-state index in [-0.39, 0.29) is 11.8 Å². The number of aromatic nitrogens is 3. The average Bonchev–Trinajstić information content (AvgIpc) is 3.36. The number of aromatic amines is 1. The number of nitrogens with one attached hydrogen (secondary N) is 4. The Morgan fingerprint density at radius 2 is 2.00 bits per heavy atom. The van der Waals surface area contributed by atoms with Gasteiger partial charge in [0.15, 0.2) is 5.13 Å². The molecule has 31 heavy (non-hydrogen) atoms. The van der Waals surface area contributed by atoms with Gasteiger partial charge in [-0.2, -0.15) is 5.10 Å². The number of nitrogens with zero attached hydrogens (tertiary/aromatic N) is 2. The van der Waals surface area contributed by atoms with Crippen LogP contribution in [0.5, 0.6) is 0 Å². The summed E-state index contributed by atoms with van der Waals surface area (Å²) >= 11 is 7.57. The van der Waals surface area contributed by atoms with Gasteiger partial charge in [0.2, 0.25) is 5.91 Å². The molecule has 0 fully saturated rings. The van der Waals surface area contributed by atoms with Crippen molar-refractivity contribution in [3.05, 3.63) is 41.6 Å². The number of hydrogen-bond donors (Lipinski definition) is 4. The summed E-state index contributed by atoms with van der Waals surface area (Å²) in [6.07, 6.45) is 2.09. The molecule has 4 aromatic rings. The van der Waals surface area contributed by atoms with E-state index in [1.807, 2.05) is 12.1 Å². The summed E-state index contributed by atoms with van der Waals surface area (Å²) in [5.41, 5.74) is 1.91. The van der Waals surface area contributed by atoms with Gasteiger partial charge in [-0.15, -0.1) is 0 Å². The van der Waals surface area contributed by atoms with E-state index in [1.165, 1.54) is 11.3 Å². The molecule has 2 aromatic heterocycles. The second-order valence-electron chi connectivity index (χ2n) is 7.56. The van der Waals surface area contributed by atoms with Gasteiger partial charge in [-0.1, -0.05) is 29.9 Å². The van der Waals surface area contributed by atoms with Crippen molar-refractivity contribution in [1.29, 1.82) is 0 Å². The minimum absolute atomic E-state index is 0.140. The Morgan fingerprint density at radius 1 is 1.19 bits per heavy atom. The third kappa shape index (κ3) is 4.33. The summed E-state index contributed by atoms with van der Waals surface area (Å²) in [5.74, 6) is -0.386. The number of benzene rings is 2. The van der Waals surface area contributed by atoms with Gasteiger partial charge in [0.05, 0.1) is 32.6 Å². The average molecular weight is 457 g/mol. The molecule has 8 nitrogen and oxygen atoms in total. The van der Waals surface area contributed by atoms with Crippen LogP contribution < -0.4 is 16.0 Å². The Balaban J connectivity index is 1.52. The van der Waals surface area contributed by atoms with Gasteiger partial charge in [0.1, 0.15) is 5.54 Å². The van der Waals surface area contributed by atoms with Crippen LogP contribution >= 0.6 is 22.9 Å². The fourth-order valence-electron chi connectivity index (χ4n) is 3.07. The van der Waals surface area contributed by atoms with Crippen molar-refractivity contribution in [2.24, 2.45) is 0 Å². The molecule has 0 aliphatic carbocycles. The Labute approximate surface area is 187 Å². The highest BCUT2D eigenvalue weighted by atomic mass is 35.5. The van der Waals surface area contributed by atoms with Gasteiger partial charge in [-0.05, 0) is 44.2 Å². The topological polar surface area (TPSA) is 112 Å². The van der Waals surface area contributed by atoms with E-state index >= 15 is 0 Å². The Hall–Kier alpha value is -3.17. The summed E-state index contributed by atoms with van der Waals surface area (Å²) in [6.45, 7) is 5.30. The van der Waals surface area contributed by atoms with Crippen molar-refractivity contribution >= 4 is 72.4 Å². The second-order valence-corrected chi connectivity index (χ2v) is 8.97. The number of carbonyl (C=O) groups is 2. The zero-order chi connectivity index (χ0) is 22.2. The summed E-state index contributed by atoms with van der Waals surface area (Å²) in [5, 5.41) is 17.7. The SMILES string of the molecule is CCC(=O)Nc1cc(NC(C)(C)C(=O)Nc2nc3ccc4[nH]ncc4c3s2)ccc1Cl. The maximum atomic E-state index is 13.0. The van der Waals surface area contributed by atoms with Crippen LogP contribution in [0.2, 0.25) is 5.02 Å². The molecule has 0 saturated heterocycles. The van der Waals surface area contributed by atoms with E-state index in [0.29, 0.717) is 27.9 Å². The number of rotatable bonds is 6. The molecule has 2 heterocycles. The van der Waals surface area contributed by atoms with Crippen molar-refractivity contribution in [3.63, 3.8) is 0 Å². The first-order valence-corrected chi connectivity index (χ1v) is 10.9. The molecule has 0 saturated carbocycles. The molecule has 0 spiro atoms. The number of halogens is 1. The third-order valence-corrected chi connectivity index (χ3v) is 6.13. The molecule has 0 aliphatic rings. The molecule has 0 atom stereocenters. The standard InChI is InChI=1S/C21H21ClN6O2S/c1-4-17(29)24-16-9-11(5-6-13(16)22)27-21(2,3)19(30)26-20-25-15-8-7-14-12(10-23-28-14)18(15)31-20/h5-10,27H,4H2,1-3H3,(H,23,28)(H,24,29)(H,25,26,30). The fourth-order valence-corrected chi connectivity index (χ4v) is 4.20. The van der Waals surface area contributed by atoms with E-state index in [9.17, 15) is 9.59 Å². The number of H-pyrrole nitrogens is 1. The van der Waals surface area contributed by atoms with Crippen molar-refractivity contribution in [1.82, 2.24) is 15.2 Å². The minimum atomic E-state index is -0.956. The summed E-state index contributed by atoms with van der Waals surface area (Å²) < 4.78 is 0.960. The largest absolute Gasteiger partial charge is 0.372 e. The van der Waals surface area contributed by atoms with Gasteiger partial charge in [0.25, 0.3) is 5.91 Å². The Bertz CT molecular complexity index is 1300. The van der Waals surface area contributed by atoms with Gasteiger partial charge in [-0.3, -0.25) is 20.0 Å². The smallest absolute Gasteiger partial charge is 0.251 e. The lowest BCUT2D eigenvalue weighted by Gasteiger charge is -2.26. The highest BCUT2D eigenvalue weighted by Crippen LogP contribution is 2.33. The number of hydrogen-bond acceptors (Lipinski definition) is 6. The predicted molar refractivity (Wildman–Crippen MR) is 126 cm³/mol. The number of fused-ring (bicyclic) bond motifs is 3. The normalized spacial score (nSPS) is 11.6. The predicted octanol–water partition coefficient (Wildman–Crippen LogP) is 5.00. The van der Waals surface area contributed by atoms with Crippen LogP contribution in [0.4, 0.5) is 16.5 Å². The number of anilines is 3. The van der Waals surface area contributed by atoms with Gasteiger partial charge in [0, 0.05) is 17.5 Å². The molecule has 0 bridgehead atoms. The van der Waals surface area contributed by atoms with Crippen LogP contribution in [0.3, 0.4) is 0 Å². The minimum Gasteiger partial charge on any atom is -0.372 e. The van der Waals surface area contributed by atoms with Crippen molar-refractivity contribution in [2.75, 3.05) is 16.0 Å². The fraction of sp³-hybridized carbons (Fsp3) is 0.238. The molecule has 2 aromatic carbocycles. The van der Waals surface area contributed by atoms with E-state index in [1.54, 1.807) is 45.2 Å². The highest BCUT2D eigenvalue weighted by Gasteiger charge is 2.28. The summed E-state index contributed by atoms with van der Waals surface area (Å²) in [6, 6.07) is 8.94. The number of carbonyl (C=O) groups excluding carboxylic acids is 2. The molecule has 0 unspecified atom stereocenters. The van der Waals surface area contributed by atoms with E-state index < -0.39 is 5.54 Å². The van der Waals surface area contributed by atoms with Gasteiger partial charge in [-0.25, -0.2) is 4.98 Å². The lowest BCUT2D eigenvalue weighted by molar-refractivity contribution is -0.119. The molecule has 0 radical (unpaired) electrons. The second kappa shape index (κ2) is 8.16. The maximum Gasteiger partial charge on any atom is 0.251 e. The first kappa shape index (κ1) is 21.1. The molecular weight excluding hydrogens is 436 g/mol. The number of amides is 2. The lowest BCUT2D eigenvalue weighted by Crippen LogP contribution is -2.44. The molecule has 0 aliphatic heterocycles. The van der Waals surface area contributed by atoms with Crippen LogP contribution in [0.15, 0.2) is 36.5 Å². The Kier molecular flexibility index (Phi) is 5.55. The molecule has 4 N–H and O–H groups in total. The van der Waals surface area contributed by atoms with E-state index in [2.05, 4.69) is 31.1 Å². The van der Waals surface area contributed by atoms with E-state index in [0.717, 1.165) is 21.1 Å². The van der Waals surface area contributed by atoms with Crippen molar-refractivity contribution < 1.29 is 9.59 Å². The lowest BCUT2D eigenvalue weighted by atomic mass is 10.0. The zero-order valence-electron chi connectivity index (χ0n) is 17.2. The van der Waals surface area contributed by atoms with Crippen LogP contribution in [0.1, 0.15) is 27.2 Å². The number of thiazole rings is 1.